The minimum absolute atomic E-state index is 0.334. The van der Waals surface area contributed by atoms with Crippen molar-refractivity contribution >= 4 is 12.0 Å². The highest BCUT2D eigenvalue weighted by molar-refractivity contribution is 5.92. The molecule has 0 aliphatic rings. The molecule has 0 unspecified atom stereocenters. The first-order valence-corrected chi connectivity index (χ1v) is 7.34. The summed E-state index contributed by atoms with van der Waals surface area (Å²) in [5.41, 5.74) is 2.13. The Labute approximate surface area is 136 Å². The van der Waals surface area contributed by atoms with E-state index in [1.54, 1.807) is 38.5 Å². The minimum Gasteiger partial charge on any atom is -0.497 e. The molecule has 0 fully saturated rings. The lowest BCUT2D eigenvalue weighted by Gasteiger charge is -2.09. The fourth-order valence-corrected chi connectivity index (χ4v) is 2.30. The molecule has 0 spiro atoms. The fraction of sp³-hybridized carbons (Fsp3) is 0.211. The molecule has 0 aromatic heterocycles. The summed E-state index contributed by atoms with van der Waals surface area (Å²) in [6.07, 6.45) is 2.76. The third kappa shape index (κ3) is 4.61. The van der Waals surface area contributed by atoms with Crippen LogP contribution in [0.25, 0.3) is 6.08 Å². The quantitative estimate of drug-likeness (QED) is 0.790. The van der Waals surface area contributed by atoms with E-state index >= 15 is 0 Å². The van der Waals surface area contributed by atoms with Gasteiger partial charge in [-0.1, -0.05) is 30.3 Å². The standard InChI is InChI=1S/C19H20O4/c1-22-17-10-11-18(23-2)16(13-17)12-15(19(20)21)9-8-14-6-4-3-5-7-14/h3-7,10-13H,8-9H2,1-2H3,(H,20,21)/b15-12+. The van der Waals surface area contributed by atoms with Crippen LogP contribution in [0.4, 0.5) is 0 Å². The molecule has 120 valence electrons. The summed E-state index contributed by atoms with van der Waals surface area (Å²) < 4.78 is 10.5. The van der Waals surface area contributed by atoms with Crippen LogP contribution in [0.2, 0.25) is 0 Å². The van der Waals surface area contributed by atoms with Gasteiger partial charge in [0.15, 0.2) is 0 Å². The summed E-state index contributed by atoms with van der Waals surface area (Å²) in [4.78, 5) is 11.5. The molecule has 4 nitrogen and oxygen atoms in total. The molecule has 0 atom stereocenters. The van der Waals surface area contributed by atoms with Crippen LogP contribution in [0.3, 0.4) is 0 Å². The molecule has 0 heterocycles. The number of aryl methyl sites for hydroxylation is 1. The normalized spacial score (nSPS) is 11.1. The average Bonchev–Trinajstić information content (AvgIpc) is 2.59. The van der Waals surface area contributed by atoms with E-state index in [0.717, 1.165) is 5.56 Å². The maximum Gasteiger partial charge on any atom is 0.331 e. The van der Waals surface area contributed by atoms with E-state index < -0.39 is 5.97 Å². The van der Waals surface area contributed by atoms with Gasteiger partial charge in [-0.25, -0.2) is 4.79 Å². The SMILES string of the molecule is COc1ccc(OC)c(/C=C(\CCc2ccccc2)C(=O)O)c1. The lowest BCUT2D eigenvalue weighted by atomic mass is 10.0. The van der Waals surface area contributed by atoms with Crippen LogP contribution in [0, 0.1) is 0 Å². The first-order chi connectivity index (χ1) is 11.1. The third-order valence-electron chi connectivity index (χ3n) is 3.57. The Morgan fingerprint density at radius 1 is 1.09 bits per heavy atom. The van der Waals surface area contributed by atoms with Crippen molar-refractivity contribution in [2.75, 3.05) is 14.2 Å². The van der Waals surface area contributed by atoms with E-state index in [-0.39, 0.29) is 0 Å². The second kappa shape index (κ2) is 8.03. The Bertz CT molecular complexity index is 690. The van der Waals surface area contributed by atoms with Gasteiger partial charge in [-0.3, -0.25) is 0 Å². The molecule has 0 saturated heterocycles. The Morgan fingerprint density at radius 3 is 2.43 bits per heavy atom. The van der Waals surface area contributed by atoms with Crippen LogP contribution < -0.4 is 9.47 Å². The van der Waals surface area contributed by atoms with Crippen LogP contribution in [-0.4, -0.2) is 25.3 Å². The van der Waals surface area contributed by atoms with Gasteiger partial charge in [-0.05, 0) is 42.7 Å². The van der Waals surface area contributed by atoms with Gasteiger partial charge in [0, 0.05) is 11.1 Å². The van der Waals surface area contributed by atoms with E-state index in [4.69, 9.17) is 9.47 Å². The third-order valence-corrected chi connectivity index (χ3v) is 3.57. The molecule has 23 heavy (non-hydrogen) atoms. The number of rotatable bonds is 7. The highest BCUT2D eigenvalue weighted by Crippen LogP contribution is 2.27. The molecule has 0 radical (unpaired) electrons. The highest BCUT2D eigenvalue weighted by atomic mass is 16.5. The molecule has 1 N–H and O–H groups in total. The number of hydrogen-bond acceptors (Lipinski definition) is 3. The summed E-state index contributed by atoms with van der Waals surface area (Å²) in [7, 11) is 3.13. The molecule has 0 aliphatic heterocycles. The molecule has 0 aliphatic carbocycles. The lowest BCUT2D eigenvalue weighted by molar-refractivity contribution is -0.132. The number of carbonyl (C=O) groups is 1. The second-order valence-electron chi connectivity index (χ2n) is 5.07. The van der Waals surface area contributed by atoms with Crippen LogP contribution in [0.1, 0.15) is 17.5 Å². The van der Waals surface area contributed by atoms with Crippen LogP contribution >= 0.6 is 0 Å². The van der Waals surface area contributed by atoms with Crippen LogP contribution in [0.15, 0.2) is 54.1 Å². The number of carboxylic acids is 1. The van der Waals surface area contributed by atoms with Gasteiger partial charge in [0.25, 0.3) is 0 Å². The predicted molar refractivity (Wildman–Crippen MR) is 89.9 cm³/mol. The summed E-state index contributed by atoms with van der Waals surface area (Å²) in [6.45, 7) is 0. The topological polar surface area (TPSA) is 55.8 Å². The summed E-state index contributed by atoms with van der Waals surface area (Å²) in [6, 6.07) is 15.1. The predicted octanol–water partition coefficient (Wildman–Crippen LogP) is 3.80. The maximum absolute atomic E-state index is 11.5. The molecular weight excluding hydrogens is 292 g/mol. The molecule has 0 saturated carbocycles. The smallest absolute Gasteiger partial charge is 0.331 e. The van der Waals surface area contributed by atoms with Gasteiger partial charge in [-0.15, -0.1) is 0 Å². The first kappa shape index (κ1) is 16.6. The monoisotopic (exact) mass is 312 g/mol. The van der Waals surface area contributed by atoms with E-state index in [1.807, 2.05) is 30.3 Å². The zero-order valence-electron chi connectivity index (χ0n) is 13.3. The number of aliphatic carboxylic acids is 1. The van der Waals surface area contributed by atoms with Crippen molar-refractivity contribution in [3.63, 3.8) is 0 Å². The molecule has 0 bridgehead atoms. The zero-order valence-corrected chi connectivity index (χ0v) is 13.3. The number of hydrogen-bond donors (Lipinski definition) is 1. The van der Waals surface area contributed by atoms with Crippen molar-refractivity contribution in [3.8, 4) is 11.5 Å². The minimum atomic E-state index is -0.925. The van der Waals surface area contributed by atoms with Gasteiger partial charge >= 0.3 is 5.97 Å². The molecule has 2 aromatic rings. The number of ether oxygens (including phenoxy) is 2. The van der Waals surface area contributed by atoms with Crippen molar-refractivity contribution in [2.45, 2.75) is 12.8 Å². The zero-order chi connectivity index (χ0) is 16.7. The number of benzene rings is 2. The van der Waals surface area contributed by atoms with Gasteiger partial charge in [0.1, 0.15) is 11.5 Å². The van der Waals surface area contributed by atoms with E-state index in [1.165, 1.54) is 0 Å². The Balaban J connectivity index is 2.26. The highest BCUT2D eigenvalue weighted by Gasteiger charge is 2.11. The van der Waals surface area contributed by atoms with Crippen molar-refractivity contribution in [3.05, 3.63) is 65.2 Å². The van der Waals surface area contributed by atoms with Gasteiger partial charge in [0.05, 0.1) is 14.2 Å². The van der Waals surface area contributed by atoms with Gasteiger partial charge in [-0.2, -0.15) is 0 Å². The summed E-state index contributed by atoms with van der Waals surface area (Å²) >= 11 is 0. The van der Waals surface area contributed by atoms with Crippen molar-refractivity contribution < 1.29 is 19.4 Å². The first-order valence-electron chi connectivity index (χ1n) is 7.34. The van der Waals surface area contributed by atoms with Crippen molar-refractivity contribution in [1.29, 1.82) is 0 Å². The Hall–Kier alpha value is -2.75. The summed E-state index contributed by atoms with van der Waals surface area (Å²) in [5, 5.41) is 9.46. The van der Waals surface area contributed by atoms with Crippen molar-refractivity contribution in [1.82, 2.24) is 0 Å². The molecule has 2 rings (SSSR count). The van der Waals surface area contributed by atoms with Crippen molar-refractivity contribution in [2.24, 2.45) is 0 Å². The number of methoxy groups -OCH3 is 2. The van der Waals surface area contributed by atoms with Gasteiger partial charge < -0.3 is 14.6 Å². The Kier molecular flexibility index (Phi) is 5.80. The van der Waals surface area contributed by atoms with E-state index in [9.17, 15) is 9.90 Å². The molecular formula is C19H20O4. The largest absolute Gasteiger partial charge is 0.497 e. The van der Waals surface area contributed by atoms with Gasteiger partial charge in [0.2, 0.25) is 0 Å². The summed E-state index contributed by atoms with van der Waals surface area (Å²) in [5.74, 6) is 0.347. The second-order valence-corrected chi connectivity index (χ2v) is 5.07. The number of carboxylic acid groups (broad SMARTS) is 1. The van der Waals surface area contributed by atoms with Crippen LogP contribution in [-0.2, 0) is 11.2 Å². The van der Waals surface area contributed by atoms with Crippen LogP contribution in [0.5, 0.6) is 11.5 Å². The van der Waals surface area contributed by atoms with E-state index in [2.05, 4.69) is 0 Å². The van der Waals surface area contributed by atoms with E-state index in [0.29, 0.717) is 35.5 Å². The Morgan fingerprint density at radius 2 is 1.83 bits per heavy atom. The molecule has 0 amide bonds. The molecule has 2 aromatic carbocycles. The molecule has 4 heteroatoms. The maximum atomic E-state index is 11.5. The fourth-order valence-electron chi connectivity index (χ4n) is 2.30. The lowest BCUT2D eigenvalue weighted by Crippen LogP contribution is -2.02. The average molecular weight is 312 g/mol.